The highest BCUT2D eigenvalue weighted by molar-refractivity contribution is 6.34. The third kappa shape index (κ3) is 4.25. The Labute approximate surface area is 161 Å². The minimum absolute atomic E-state index is 0.0810. The van der Waals surface area contributed by atoms with Crippen LogP contribution in [0, 0.1) is 5.92 Å². The lowest BCUT2D eigenvalue weighted by molar-refractivity contribution is -0.126. The second kappa shape index (κ2) is 8.18. The zero-order valence-electron chi connectivity index (χ0n) is 14.6. The molecule has 1 aliphatic rings. The Morgan fingerprint density at radius 3 is 2.89 bits per heavy atom. The number of aromatic nitrogens is 1. The summed E-state index contributed by atoms with van der Waals surface area (Å²) in [4.78, 5) is 42.0. The third-order valence-corrected chi connectivity index (χ3v) is 4.66. The molecule has 140 valence electrons. The molecule has 1 atom stereocenters. The average Bonchev–Trinajstić information content (AvgIpc) is 3.08. The molecule has 2 aromatic rings. The Hall–Kier alpha value is -2.93. The first-order valence-electron chi connectivity index (χ1n) is 8.34. The van der Waals surface area contributed by atoms with E-state index in [2.05, 4.69) is 10.3 Å². The van der Waals surface area contributed by atoms with E-state index in [9.17, 15) is 14.4 Å². The summed E-state index contributed by atoms with van der Waals surface area (Å²) >= 11 is 6.20. The number of anilines is 1. The number of pyridine rings is 1. The van der Waals surface area contributed by atoms with Gasteiger partial charge in [0.25, 0.3) is 0 Å². The molecule has 0 spiro atoms. The summed E-state index contributed by atoms with van der Waals surface area (Å²) < 4.78 is 4.70. The minimum Gasteiger partial charge on any atom is -0.465 e. The van der Waals surface area contributed by atoms with E-state index in [0.717, 1.165) is 5.56 Å². The van der Waals surface area contributed by atoms with Crippen molar-refractivity contribution in [1.29, 1.82) is 0 Å². The molecule has 2 heterocycles. The van der Waals surface area contributed by atoms with Crippen LogP contribution >= 0.6 is 11.6 Å². The van der Waals surface area contributed by atoms with Crippen molar-refractivity contribution in [2.75, 3.05) is 18.6 Å². The third-order valence-electron chi connectivity index (χ3n) is 4.34. The summed E-state index contributed by atoms with van der Waals surface area (Å²) in [6, 6.07) is 8.21. The molecule has 1 N–H and O–H groups in total. The predicted molar refractivity (Wildman–Crippen MR) is 99.3 cm³/mol. The van der Waals surface area contributed by atoms with Crippen LogP contribution in [0.25, 0.3) is 0 Å². The van der Waals surface area contributed by atoms with Crippen LogP contribution in [0.3, 0.4) is 0 Å². The van der Waals surface area contributed by atoms with E-state index in [-0.39, 0.29) is 30.3 Å². The Morgan fingerprint density at radius 2 is 2.19 bits per heavy atom. The molecule has 1 aromatic carbocycles. The summed E-state index contributed by atoms with van der Waals surface area (Å²) in [6.45, 7) is 0.540. The van der Waals surface area contributed by atoms with Crippen molar-refractivity contribution >= 4 is 35.1 Å². The highest BCUT2D eigenvalue weighted by atomic mass is 35.5. The zero-order valence-corrected chi connectivity index (χ0v) is 15.4. The molecule has 1 saturated heterocycles. The van der Waals surface area contributed by atoms with E-state index in [1.165, 1.54) is 30.2 Å². The normalized spacial score (nSPS) is 16.3. The van der Waals surface area contributed by atoms with E-state index in [1.807, 2.05) is 6.07 Å². The summed E-state index contributed by atoms with van der Waals surface area (Å²) in [6.07, 6.45) is 3.41. The van der Waals surface area contributed by atoms with E-state index in [4.69, 9.17) is 16.3 Å². The Bertz CT molecular complexity index is 873. The second-order valence-corrected chi connectivity index (χ2v) is 6.55. The second-order valence-electron chi connectivity index (χ2n) is 6.14. The van der Waals surface area contributed by atoms with E-state index in [1.54, 1.807) is 18.5 Å². The number of halogens is 1. The Balaban J connectivity index is 1.70. The molecule has 0 radical (unpaired) electrons. The molecule has 0 saturated carbocycles. The molecule has 2 amide bonds. The first-order chi connectivity index (χ1) is 13.0. The molecule has 1 aromatic heterocycles. The van der Waals surface area contributed by atoms with Gasteiger partial charge in [-0.25, -0.2) is 4.79 Å². The predicted octanol–water partition coefficient (Wildman–Crippen LogP) is 2.19. The first-order valence-corrected chi connectivity index (χ1v) is 8.72. The van der Waals surface area contributed by atoms with Crippen LogP contribution in [0.1, 0.15) is 22.3 Å². The fourth-order valence-electron chi connectivity index (χ4n) is 2.92. The summed E-state index contributed by atoms with van der Waals surface area (Å²) in [5.74, 6) is -1.45. The highest BCUT2D eigenvalue weighted by Crippen LogP contribution is 2.32. The number of hydrogen-bond donors (Lipinski definition) is 1. The number of benzene rings is 1. The largest absolute Gasteiger partial charge is 0.465 e. The quantitative estimate of drug-likeness (QED) is 0.794. The van der Waals surface area contributed by atoms with Crippen LogP contribution in [0.15, 0.2) is 42.7 Å². The molecule has 1 unspecified atom stereocenters. The molecule has 3 rings (SSSR count). The molecular weight excluding hydrogens is 370 g/mol. The van der Waals surface area contributed by atoms with Crippen molar-refractivity contribution in [3.63, 3.8) is 0 Å². The summed E-state index contributed by atoms with van der Waals surface area (Å²) in [5, 5.41) is 3.15. The number of rotatable bonds is 5. The molecule has 0 bridgehead atoms. The molecule has 1 fully saturated rings. The van der Waals surface area contributed by atoms with Crippen molar-refractivity contribution in [3.05, 3.63) is 58.9 Å². The van der Waals surface area contributed by atoms with Gasteiger partial charge in [0.2, 0.25) is 11.8 Å². The number of ether oxygens (including phenoxy) is 1. The van der Waals surface area contributed by atoms with Crippen LogP contribution in [-0.2, 0) is 20.9 Å². The minimum atomic E-state index is -0.523. The average molecular weight is 388 g/mol. The zero-order chi connectivity index (χ0) is 19.4. The van der Waals surface area contributed by atoms with Gasteiger partial charge in [0, 0.05) is 31.9 Å². The Kier molecular flexibility index (Phi) is 5.71. The van der Waals surface area contributed by atoms with Gasteiger partial charge in [0.05, 0.1) is 29.3 Å². The van der Waals surface area contributed by atoms with Crippen molar-refractivity contribution in [2.45, 2.75) is 13.0 Å². The number of carbonyl (C=O) groups excluding carboxylic acids is 3. The van der Waals surface area contributed by atoms with Gasteiger partial charge < -0.3 is 15.0 Å². The van der Waals surface area contributed by atoms with Crippen LogP contribution in [0.2, 0.25) is 5.02 Å². The summed E-state index contributed by atoms with van der Waals surface area (Å²) in [5.41, 5.74) is 1.56. The van der Waals surface area contributed by atoms with Gasteiger partial charge in [-0.1, -0.05) is 17.7 Å². The smallest absolute Gasteiger partial charge is 0.337 e. The number of nitrogens with one attached hydrogen (secondary N) is 1. The van der Waals surface area contributed by atoms with Gasteiger partial charge >= 0.3 is 5.97 Å². The molecule has 8 heteroatoms. The molecule has 0 aliphatic carbocycles. The molecule has 7 nitrogen and oxygen atoms in total. The maximum Gasteiger partial charge on any atom is 0.337 e. The summed E-state index contributed by atoms with van der Waals surface area (Å²) in [7, 11) is 1.28. The maximum atomic E-state index is 12.4. The number of amides is 2. The number of nitrogens with zero attached hydrogens (tertiary/aromatic N) is 2. The van der Waals surface area contributed by atoms with Gasteiger partial charge in [0.15, 0.2) is 0 Å². The van der Waals surface area contributed by atoms with Crippen LogP contribution in [-0.4, -0.2) is 36.4 Å². The van der Waals surface area contributed by atoms with Crippen molar-refractivity contribution in [1.82, 2.24) is 10.3 Å². The standard InChI is InChI=1S/C19H18ClN3O4/c1-27-19(26)13-4-5-15(20)16(7-13)23-11-14(8-17(23)24)18(25)22-10-12-3-2-6-21-9-12/h2-7,9,14H,8,10-11H2,1H3,(H,22,25). The lowest BCUT2D eigenvalue weighted by atomic mass is 10.1. The van der Waals surface area contributed by atoms with Crippen LogP contribution in [0.5, 0.6) is 0 Å². The van der Waals surface area contributed by atoms with Crippen LogP contribution < -0.4 is 10.2 Å². The van der Waals surface area contributed by atoms with Gasteiger partial charge in [-0.3, -0.25) is 14.6 Å². The van der Waals surface area contributed by atoms with Crippen LogP contribution in [0.4, 0.5) is 5.69 Å². The van der Waals surface area contributed by atoms with E-state index < -0.39 is 11.9 Å². The number of carbonyl (C=O) groups is 3. The monoisotopic (exact) mass is 387 g/mol. The van der Waals surface area contributed by atoms with Crippen molar-refractivity contribution in [3.8, 4) is 0 Å². The van der Waals surface area contributed by atoms with Gasteiger partial charge in [-0.2, -0.15) is 0 Å². The van der Waals surface area contributed by atoms with Crippen molar-refractivity contribution in [2.24, 2.45) is 5.92 Å². The molecule has 1 aliphatic heterocycles. The highest BCUT2D eigenvalue weighted by Gasteiger charge is 2.36. The van der Waals surface area contributed by atoms with Gasteiger partial charge in [0.1, 0.15) is 0 Å². The molecular formula is C19H18ClN3O4. The first kappa shape index (κ1) is 18.8. The number of hydrogen-bond acceptors (Lipinski definition) is 5. The van der Waals surface area contributed by atoms with E-state index in [0.29, 0.717) is 17.3 Å². The van der Waals surface area contributed by atoms with Gasteiger partial charge in [-0.05, 0) is 29.8 Å². The number of methoxy groups -OCH3 is 1. The van der Waals surface area contributed by atoms with Gasteiger partial charge in [-0.15, -0.1) is 0 Å². The Morgan fingerprint density at radius 1 is 1.37 bits per heavy atom. The van der Waals surface area contributed by atoms with E-state index >= 15 is 0 Å². The fraction of sp³-hybridized carbons (Fsp3) is 0.263. The fourth-order valence-corrected chi connectivity index (χ4v) is 3.14. The SMILES string of the molecule is COC(=O)c1ccc(Cl)c(N2CC(C(=O)NCc3cccnc3)CC2=O)c1. The molecule has 27 heavy (non-hydrogen) atoms. The lowest BCUT2D eigenvalue weighted by Gasteiger charge is -2.19. The topological polar surface area (TPSA) is 88.6 Å². The number of esters is 1. The lowest BCUT2D eigenvalue weighted by Crippen LogP contribution is -2.32. The maximum absolute atomic E-state index is 12.4. The van der Waals surface area contributed by atoms with Crippen molar-refractivity contribution < 1.29 is 19.1 Å².